The highest BCUT2D eigenvalue weighted by atomic mass is 79.9. The van der Waals surface area contributed by atoms with E-state index in [9.17, 15) is 9.59 Å². The van der Waals surface area contributed by atoms with Gasteiger partial charge in [-0.25, -0.2) is 0 Å². The fraction of sp³-hybridized carbons (Fsp3) is 0.652. The van der Waals surface area contributed by atoms with E-state index in [0.717, 1.165) is 60.9 Å². The number of halogens is 1. The lowest BCUT2D eigenvalue weighted by atomic mass is 9.49. The van der Waals surface area contributed by atoms with Gasteiger partial charge in [-0.15, -0.1) is 0 Å². The zero-order chi connectivity index (χ0) is 19.3. The molecule has 1 aromatic rings. The maximum atomic E-state index is 13.1. The van der Waals surface area contributed by atoms with Crippen molar-refractivity contribution in [2.45, 2.75) is 57.4 Å². The van der Waals surface area contributed by atoms with Crippen molar-refractivity contribution in [3.05, 3.63) is 34.3 Å². The third-order valence-corrected chi connectivity index (χ3v) is 8.22. The molecule has 5 heteroatoms. The number of carbonyl (C=O) groups excluding carboxylic acids is 2. The predicted octanol–water partition coefficient (Wildman–Crippen LogP) is 4.45. The highest BCUT2D eigenvalue weighted by molar-refractivity contribution is 9.10. The molecule has 1 saturated heterocycles. The number of hydrogen-bond donors (Lipinski definition) is 1. The Morgan fingerprint density at radius 2 is 1.79 bits per heavy atom. The van der Waals surface area contributed by atoms with Gasteiger partial charge in [-0.2, -0.15) is 0 Å². The molecule has 5 fully saturated rings. The van der Waals surface area contributed by atoms with E-state index in [0.29, 0.717) is 0 Å². The molecule has 150 valence electrons. The van der Waals surface area contributed by atoms with Crippen LogP contribution in [0.1, 0.15) is 63.0 Å². The fourth-order valence-corrected chi connectivity index (χ4v) is 7.38. The molecule has 1 heterocycles. The molecule has 2 amide bonds. The van der Waals surface area contributed by atoms with E-state index in [1.807, 2.05) is 17.0 Å². The zero-order valence-corrected chi connectivity index (χ0v) is 17.9. The second-order valence-corrected chi connectivity index (χ2v) is 10.6. The number of hydrogen-bond acceptors (Lipinski definition) is 2. The Kier molecular flexibility index (Phi) is 4.77. The molecule has 1 aromatic carbocycles. The molecule has 28 heavy (non-hydrogen) atoms. The molecule has 1 atom stereocenters. The van der Waals surface area contributed by atoms with Crippen LogP contribution in [0.15, 0.2) is 28.7 Å². The first-order valence-corrected chi connectivity index (χ1v) is 11.6. The number of likely N-dealkylation sites (tertiary alicyclic amines) is 1. The first kappa shape index (κ1) is 18.7. The fourth-order valence-electron chi connectivity index (χ4n) is 6.96. The van der Waals surface area contributed by atoms with E-state index in [2.05, 4.69) is 33.4 Å². The molecule has 4 nitrogen and oxygen atoms in total. The third-order valence-electron chi connectivity index (χ3n) is 7.73. The highest BCUT2D eigenvalue weighted by Gasteiger charge is 2.54. The van der Waals surface area contributed by atoms with Gasteiger partial charge in [0.15, 0.2) is 0 Å². The normalized spacial score (nSPS) is 36.0. The summed E-state index contributed by atoms with van der Waals surface area (Å²) in [4.78, 5) is 28.0. The highest BCUT2D eigenvalue weighted by Crippen LogP contribution is 2.60. The SMILES string of the molecule is O=C(CNC(=O)C12CC3CC(CC(C3)C1)C2)N1CCCC1c1cccc(Br)c1. The number of rotatable bonds is 4. The van der Waals surface area contributed by atoms with Crippen molar-refractivity contribution >= 4 is 27.7 Å². The van der Waals surface area contributed by atoms with E-state index < -0.39 is 0 Å². The predicted molar refractivity (Wildman–Crippen MR) is 111 cm³/mol. The first-order chi connectivity index (χ1) is 13.5. The van der Waals surface area contributed by atoms with Crippen molar-refractivity contribution in [1.29, 1.82) is 0 Å². The summed E-state index contributed by atoms with van der Waals surface area (Å²) >= 11 is 3.53. The number of carbonyl (C=O) groups is 2. The minimum atomic E-state index is -0.177. The standard InChI is InChI=1S/C23H29BrN2O2/c24-19-4-1-3-18(10-19)20-5-2-6-26(20)21(27)14-25-22(28)23-11-15-7-16(12-23)9-17(8-15)13-23/h1,3-4,10,15-17,20H,2,5-9,11-14H2,(H,25,28). The Hall–Kier alpha value is -1.36. The van der Waals surface area contributed by atoms with E-state index in [-0.39, 0.29) is 29.8 Å². The maximum absolute atomic E-state index is 13.1. The summed E-state index contributed by atoms with van der Waals surface area (Å²) in [7, 11) is 0. The van der Waals surface area contributed by atoms with Gasteiger partial charge in [0.2, 0.25) is 11.8 Å². The summed E-state index contributed by atoms with van der Waals surface area (Å²) in [6.07, 6.45) is 9.13. The minimum absolute atomic E-state index is 0.0561. The van der Waals surface area contributed by atoms with Crippen LogP contribution in [0.25, 0.3) is 0 Å². The summed E-state index contributed by atoms with van der Waals surface area (Å²) in [5.41, 5.74) is 0.997. The molecule has 6 rings (SSSR count). The molecule has 4 aliphatic carbocycles. The van der Waals surface area contributed by atoms with E-state index in [1.54, 1.807) is 0 Å². The molecule has 4 bridgehead atoms. The topological polar surface area (TPSA) is 49.4 Å². The average Bonchev–Trinajstić information content (AvgIpc) is 3.14. The zero-order valence-electron chi connectivity index (χ0n) is 16.3. The van der Waals surface area contributed by atoms with Crippen LogP contribution in [0.4, 0.5) is 0 Å². The molecular weight excluding hydrogens is 416 g/mol. The number of amides is 2. The summed E-state index contributed by atoms with van der Waals surface area (Å²) in [6, 6.07) is 8.35. The van der Waals surface area contributed by atoms with Crippen molar-refractivity contribution in [2.75, 3.05) is 13.1 Å². The lowest BCUT2D eigenvalue weighted by Gasteiger charge is -2.55. The van der Waals surface area contributed by atoms with Gasteiger partial charge >= 0.3 is 0 Å². The lowest BCUT2D eigenvalue weighted by molar-refractivity contribution is -0.148. The van der Waals surface area contributed by atoms with Crippen LogP contribution in [0.5, 0.6) is 0 Å². The van der Waals surface area contributed by atoms with Gasteiger partial charge in [0.1, 0.15) is 0 Å². The summed E-state index contributed by atoms with van der Waals surface area (Å²) in [5.74, 6) is 2.44. The molecule has 0 radical (unpaired) electrons. The van der Waals surface area contributed by atoms with Crippen LogP contribution in [0.3, 0.4) is 0 Å². The average molecular weight is 445 g/mol. The Morgan fingerprint density at radius 3 is 2.43 bits per heavy atom. The van der Waals surface area contributed by atoms with Crippen LogP contribution >= 0.6 is 15.9 Å². The van der Waals surface area contributed by atoms with Gasteiger partial charge in [-0.3, -0.25) is 9.59 Å². The minimum Gasteiger partial charge on any atom is -0.347 e. The maximum Gasteiger partial charge on any atom is 0.242 e. The summed E-state index contributed by atoms with van der Waals surface area (Å²) in [5, 5.41) is 3.06. The van der Waals surface area contributed by atoms with Crippen molar-refractivity contribution in [3.63, 3.8) is 0 Å². The van der Waals surface area contributed by atoms with Crippen molar-refractivity contribution in [2.24, 2.45) is 23.2 Å². The van der Waals surface area contributed by atoms with Crippen molar-refractivity contribution < 1.29 is 9.59 Å². The van der Waals surface area contributed by atoms with Crippen LogP contribution in [-0.4, -0.2) is 29.8 Å². The van der Waals surface area contributed by atoms with Crippen LogP contribution < -0.4 is 5.32 Å². The van der Waals surface area contributed by atoms with Gasteiger partial charge in [0.25, 0.3) is 0 Å². The Labute approximate surface area is 175 Å². The van der Waals surface area contributed by atoms with E-state index in [4.69, 9.17) is 0 Å². The molecule has 5 aliphatic rings. The summed E-state index contributed by atoms with van der Waals surface area (Å²) < 4.78 is 1.04. The van der Waals surface area contributed by atoms with Gasteiger partial charge in [0, 0.05) is 16.4 Å². The van der Waals surface area contributed by atoms with Crippen LogP contribution in [-0.2, 0) is 9.59 Å². The van der Waals surface area contributed by atoms with E-state index in [1.165, 1.54) is 24.8 Å². The largest absolute Gasteiger partial charge is 0.347 e. The van der Waals surface area contributed by atoms with Gasteiger partial charge in [-0.05, 0) is 86.8 Å². The quantitative estimate of drug-likeness (QED) is 0.745. The van der Waals surface area contributed by atoms with Gasteiger partial charge in [-0.1, -0.05) is 28.1 Å². The molecule has 1 aliphatic heterocycles. The molecule has 1 N–H and O–H groups in total. The smallest absolute Gasteiger partial charge is 0.242 e. The first-order valence-electron chi connectivity index (χ1n) is 10.9. The molecular formula is C23H29BrN2O2. The Morgan fingerprint density at radius 1 is 1.11 bits per heavy atom. The summed E-state index contributed by atoms with van der Waals surface area (Å²) in [6.45, 7) is 0.925. The van der Waals surface area contributed by atoms with Crippen LogP contribution in [0.2, 0.25) is 0 Å². The van der Waals surface area contributed by atoms with Gasteiger partial charge in [0.05, 0.1) is 12.6 Å². The van der Waals surface area contributed by atoms with Crippen molar-refractivity contribution in [1.82, 2.24) is 10.2 Å². The Balaban J connectivity index is 1.23. The second-order valence-electron chi connectivity index (χ2n) is 9.68. The second kappa shape index (κ2) is 7.16. The molecule has 1 unspecified atom stereocenters. The monoisotopic (exact) mass is 444 g/mol. The molecule has 0 spiro atoms. The van der Waals surface area contributed by atoms with Gasteiger partial charge < -0.3 is 10.2 Å². The lowest BCUT2D eigenvalue weighted by Crippen LogP contribution is -2.54. The van der Waals surface area contributed by atoms with Crippen molar-refractivity contribution in [3.8, 4) is 0 Å². The number of nitrogens with one attached hydrogen (secondary N) is 1. The van der Waals surface area contributed by atoms with E-state index >= 15 is 0 Å². The molecule has 4 saturated carbocycles. The Bertz CT molecular complexity index is 757. The number of nitrogens with zero attached hydrogens (tertiary/aromatic N) is 1. The van der Waals surface area contributed by atoms with Crippen LogP contribution in [0, 0.1) is 23.2 Å². The third kappa shape index (κ3) is 3.30. The number of benzene rings is 1. The molecule has 0 aromatic heterocycles.